The van der Waals surface area contributed by atoms with Crippen molar-refractivity contribution in [1.29, 1.82) is 0 Å². The van der Waals surface area contributed by atoms with Crippen LogP contribution in [0, 0.1) is 0 Å². The Hall–Kier alpha value is -1.32. The van der Waals surface area contributed by atoms with Gasteiger partial charge in [-0.1, -0.05) is 90.0 Å². The highest BCUT2D eigenvalue weighted by Gasteiger charge is 2.18. The molecule has 1 saturated heterocycles. The largest absolute Gasteiger partial charge is 0.463 e. The van der Waals surface area contributed by atoms with E-state index in [1.54, 1.807) is 0 Å². The van der Waals surface area contributed by atoms with Gasteiger partial charge in [-0.25, -0.2) is 4.79 Å². The highest BCUT2D eigenvalue weighted by Crippen LogP contribution is 2.14. The third kappa shape index (κ3) is 13.8. The molecule has 162 valence electrons. The van der Waals surface area contributed by atoms with Crippen LogP contribution in [0.2, 0.25) is 0 Å². The van der Waals surface area contributed by atoms with Gasteiger partial charge in [-0.2, -0.15) is 0 Å². The maximum Gasteiger partial charge on any atom is 0.330 e. The number of amides is 1. The van der Waals surface area contributed by atoms with E-state index in [0.29, 0.717) is 12.5 Å². The summed E-state index contributed by atoms with van der Waals surface area (Å²) < 4.78 is 4.96. The summed E-state index contributed by atoms with van der Waals surface area (Å²) >= 11 is 0. The van der Waals surface area contributed by atoms with Crippen molar-refractivity contribution in [2.45, 2.75) is 109 Å². The van der Waals surface area contributed by atoms with Crippen LogP contribution >= 0.6 is 0 Å². The standard InChI is InChI=1S/C24H43NO3/c1-2-24(27)28-22-17-15-13-11-9-7-5-3-4-6-8-10-12-14-16-20-25-21-18-19-23(25)26/h2H,1,3-22H2. The maximum atomic E-state index is 11.5. The molecule has 0 unspecified atom stereocenters. The summed E-state index contributed by atoms with van der Waals surface area (Å²) in [7, 11) is 0. The molecule has 4 nitrogen and oxygen atoms in total. The number of unbranched alkanes of at least 4 members (excludes halogenated alkanes) is 14. The fourth-order valence-corrected chi connectivity index (χ4v) is 3.87. The van der Waals surface area contributed by atoms with E-state index in [1.165, 1.54) is 89.5 Å². The Morgan fingerprint density at radius 1 is 0.821 bits per heavy atom. The molecule has 1 fully saturated rings. The average molecular weight is 394 g/mol. The van der Waals surface area contributed by atoms with Crippen molar-refractivity contribution in [1.82, 2.24) is 4.90 Å². The van der Waals surface area contributed by atoms with Gasteiger partial charge in [0.25, 0.3) is 0 Å². The SMILES string of the molecule is C=CC(=O)OCCCCCCCCCCCCCCCCCN1CCCC1=O. The normalized spacial score (nSPS) is 13.9. The molecule has 0 aromatic rings. The van der Waals surface area contributed by atoms with Crippen LogP contribution < -0.4 is 0 Å². The highest BCUT2D eigenvalue weighted by atomic mass is 16.5. The second-order valence-electron chi connectivity index (χ2n) is 8.16. The van der Waals surface area contributed by atoms with Crippen LogP contribution in [0.5, 0.6) is 0 Å². The lowest BCUT2D eigenvalue weighted by molar-refractivity contribution is -0.137. The summed E-state index contributed by atoms with van der Waals surface area (Å²) in [4.78, 5) is 24.4. The lowest BCUT2D eigenvalue weighted by atomic mass is 10.0. The second kappa shape index (κ2) is 17.8. The molecule has 1 amide bonds. The zero-order valence-corrected chi connectivity index (χ0v) is 18.1. The zero-order chi connectivity index (χ0) is 20.3. The summed E-state index contributed by atoms with van der Waals surface area (Å²) in [5.74, 6) is 0.0572. The topological polar surface area (TPSA) is 46.6 Å². The van der Waals surface area contributed by atoms with Crippen LogP contribution in [0.15, 0.2) is 12.7 Å². The van der Waals surface area contributed by atoms with E-state index in [-0.39, 0.29) is 5.97 Å². The monoisotopic (exact) mass is 393 g/mol. The van der Waals surface area contributed by atoms with Gasteiger partial charge in [0, 0.05) is 25.6 Å². The van der Waals surface area contributed by atoms with E-state index in [0.717, 1.165) is 38.8 Å². The Kier molecular flexibility index (Phi) is 15.7. The molecule has 0 aromatic heterocycles. The summed E-state index contributed by atoms with van der Waals surface area (Å²) in [6, 6.07) is 0. The number of ether oxygens (including phenoxy) is 1. The van der Waals surface area contributed by atoms with Gasteiger partial charge < -0.3 is 9.64 Å². The first-order chi connectivity index (χ1) is 13.7. The van der Waals surface area contributed by atoms with Crippen LogP contribution in [0.4, 0.5) is 0 Å². The van der Waals surface area contributed by atoms with Crippen molar-refractivity contribution < 1.29 is 14.3 Å². The third-order valence-corrected chi connectivity index (χ3v) is 5.65. The van der Waals surface area contributed by atoms with Crippen molar-refractivity contribution in [2.24, 2.45) is 0 Å². The molecule has 28 heavy (non-hydrogen) atoms. The first-order valence-corrected chi connectivity index (χ1v) is 11.8. The molecule has 1 heterocycles. The molecular formula is C24H43NO3. The number of rotatable bonds is 19. The zero-order valence-electron chi connectivity index (χ0n) is 18.1. The van der Waals surface area contributed by atoms with Crippen molar-refractivity contribution in [3.05, 3.63) is 12.7 Å². The van der Waals surface area contributed by atoms with E-state index in [1.807, 2.05) is 4.90 Å². The minimum Gasteiger partial charge on any atom is -0.463 e. The lowest BCUT2D eigenvalue weighted by Crippen LogP contribution is -2.25. The first kappa shape index (κ1) is 24.7. The van der Waals surface area contributed by atoms with Crippen LogP contribution in [-0.2, 0) is 14.3 Å². The van der Waals surface area contributed by atoms with Crippen LogP contribution in [0.3, 0.4) is 0 Å². The van der Waals surface area contributed by atoms with Gasteiger partial charge in [0.05, 0.1) is 6.61 Å². The van der Waals surface area contributed by atoms with Gasteiger partial charge in [0.1, 0.15) is 0 Å². The molecule has 0 spiro atoms. The molecule has 0 aromatic carbocycles. The van der Waals surface area contributed by atoms with Gasteiger partial charge in [-0.15, -0.1) is 0 Å². The lowest BCUT2D eigenvalue weighted by Gasteiger charge is -2.14. The Balaban J connectivity index is 1.68. The Morgan fingerprint density at radius 2 is 1.29 bits per heavy atom. The van der Waals surface area contributed by atoms with E-state index in [4.69, 9.17) is 4.74 Å². The molecule has 0 radical (unpaired) electrons. The summed E-state index contributed by atoms with van der Waals surface area (Å²) in [5, 5.41) is 0. The van der Waals surface area contributed by atoms with Crippen molar-refractivity contribution in [3.8, 4) is 0 Å². The van der Waals surface area contributed by atoms with Crippen LogP contribution in [0.1, 0.15) is 109 Å². The van der Waals surface area contributed by atoms with E-state index < -0.39 is 0 Å². The number of carbonyl (C=O) groups excluding carboxylic acids is 2. The van der Waals surface area contributed by atoms with E-state index in [9.17, 15) is 9.59 Å². The quantitative estimate of drug-likeness (QED) is 0.149. The number of nitrogens with zero attached hydrogens (tertiary/aromatic N) is 1. The Bertz CT molecular complexity index is 422. The smallest absolute Gasteiger partial charge is 0.330 e. The molecule has 1 rings (SSSR count). The van der Waals surface area contributed by atoms with Gasteiger partial charge in [-0.05, 0) is 19.3 Å². The highest BCUT2D eigenvalue weighted by molar-refractivity contribution is 5.81. The molecule has 1 aliphatic rings. The number of carbonyl (C=O) groups is 2. The second-order valence-corrected chi connectivity index (χ2v) is 8.16. The summed E-state index contributed by atoms with van der Waals surface area (Å²) in [6.45, 7) is 5.90. The van der Waals surface area contributed by atoms with Gasteiger partial charge in [0.15, 0.2) is 0 Å². The van der Waals surface area contributed by atoms with Crippen molar-refractivity contribution in [2.75, 3.05) is 19.7 Å². The Morgan fingerprint density at radius 3 is 1.71 bits per heavy atom. The summed E-state index contributed by atoms with van der Waals surface area (Å²) in [5.41, 5.74) is 0. The van der Waals surface area contributed by atoms with Gasteiger partial charge >= 0.3 is 5.97 Å². The van der Waals surface area contributed by atoms with Crippen LogP contribution in [-0.4, -0.2) is 36.5 Å². The maximum absolute atomic E-state index is 11.5. The molecular weight excluding hydrogens is 350 g/mol. The molecule has 0 saturated carbocycles. The molecule has 0 aliphatic carbocycles. The molecule has 0 bridgehead atoms. The molecule has 1 aliphatic heterocycles. The van der Waals surface area contributed by atoms with E-state index in [2.05, 4.69) is 6.58 Å². The van der Waals surface area contributed by atoms with Crippen molar-refractivity contribution in [3.63, 3.8) is 0 Å². The fourth-order valence-electron chi connectivity index (χ4n) is 3.87. The Labute approximate surface area is 173 Å². The minimum atomic E-state index is -0.310. The number of likely N-dealkylation sites (tertiary alicyclic amines) is 1. The van der Waals surface area contributed by atoms with Crippen molar-refractivity contribution >= 4 is 11.9 Å². The number of hydrogen-bond acceptors (Lipinski definition) is 3. The molecule has 4 heteroatoms. The predicted octanol–water partition coefficient (Wildman–Crippen LogP) is 6.19. The van der Waals surface area contributed by atoms with Crippen LogP contribution in [0.25, 0.3) is 0 Å². The minimum absolute atomic E-state index is 0.310. The first-order valence-electron chi connectivity index (χ1n) is 11.8. The molecule has 0 N–H and O–H groups in total. The third-order valence-electron chi connectivity index (χ3n) is 5.65. The number of esters is 1. The fraction of sp³-hybridized carbons (Fsp3) is 0.833. The summed E-state index contributed by atoms with van der Waals surface area (Å²) in [6.07, 6.45) is 22.5. The average Bonchev–Trinajstić information content (AvgIpc) is 3.11. The van der Waals surface area contributed by atoms with Gasteiger partial charge in [-0.3, -0.25) is 4.79 Å². The number of hydrogen-bond donors (Lipinski definition) is 0. The molecule has 0 atom stereocenters. The predicted molar refractivity (Wildman–Crippen MR) is 116 cm³/mol. The van der Waals surface area contributed by atoms with Gasteiger partial charge in [0.2, 0.25) is 5.91 Å². The van der Waals surface area contributed by atoms with E-state index >= 15 is 0 Å².